The van der Waals surface area contributed by atoms with Crippen molar-refractivity contribution in [2.75, 3.05) is 51.2 Å². The number of rotatable bonds is 4. The number of pyridine rings is 1. The molecule has 2 saturated heterocycles. The lowest BCUT2D eigenvalue weighted by atomic mass is 9.99. The van der Waals surface area contributed by atoms with Crippen molar-refractivity contribution in [2.24, 2.45) is 5.92 Å². The Morgan fingerprint density at radius 3 is 2.54 bits per heavy atom. The van der Waals surface area contributed by atoms with Gasteiger partial charge in [0.1, 0.15) is 5.82 Å². The monoisotopic (exact) mass is 425 g/mol. The minimum atomic E-state index is 0. The maximum atomic E-state index is 12.1. The number of halogens is 3. The number of piperazine rings is 1. The number of nitrogens with zero attached hydrogens (tertiary/aromatic N) is 3. The molecular formula is C17H30Cl3N5O. The number of hydrogen-bond acceptors (Lipinski definition) is 5. The van der Waals surface area contributed by atoms with E-state index >= 15 is 0 Å². The van der Waals surface area contributed by atoms with Crippen LogP contribution in [0, 0.1) is 5.92 Å². The zero-order valence-electron chi connectivity index (χ0n) is 15.1. The molecular weight excluding hydrogens is 397 g/mol. The molecule has 2 N–H and O–H groups in total. The number of amides is 1. The van der Waals surface area contributed by atoms with Gasteiger partial charge in [0.05, 0.1) is 5.92 Å². The van der Waals surface area contributed by atoms with Crippen LogP contribution in [0.25, 0.3) is 0 Å². The molecule has 0 radical (unpaired) electrons. The van der Waals surface area contributed by atoms with E-state index in [-0.39, 0.29) is 49.0 Å². The molecule has 2 aliphatic heterocycles. The van der Waals surface area contributed by atoms with Crippen LogP contribution in [0.3, 0.4) is 0 Å². The van der Waals surface area contributed by atoms with Gasteiger partial charge in [-0.15, -0.1) is 37.2 Å². The van der Waals surface area contributed by atoms with Crippen molar-refractivity contribution in [3.05, 3.63) is 23.9 Å². The summed E-state index contributed by atoms with van der Waals surface area (Å²) >= 11 is 0. The summed E-state index contributed by atoms with van der Waals surface area (Å²) < 4.78 is 0. The fraction of sp³-hybridized carbons (Fsp3) is 0.647. The molecule has 0 aromatic carbocycles. The van der Waals surface area contributed by atoms with Crippen LogP contribution in [0.1, 0.15) is 18.4 Å². The van der Waals surface area contributed by atoms with E-state index in [4.69, 9.17) is 0 Å². The molecule has 0 bridgehead atoms. The van der Waals surface area contributed by atoms with E-state index in [0.717, 1.165) is 63.5 Å². The van der Waals surface area contributed by atoms with Gasteiger partial charge in [0.25, 0.3) is 0 Å². The van der Waals surface area contributed by atoms with Crippen molar-refractivity contribution in [3.8, 4) is 0 Å². The molecule has 2 aliphatic rings. The first kappa shape index (κ1) is 25.2. The lowest BCUT2D eigenvalue weighted by Crippen LogP contribution is -2.44. The molecule has 3 heterocycles. The number of likely N-dealkylation sites (N-methyl/N-ethyl adjacent to an activating group) is 1. The number of carbonyl (C=O) groups excluding carboxylic acids is 1. The fourth-order valence-electron chi connectivity index (χ4n) is 3.15. The Balaban J connectivity index is 0.00000208. The highest BCUT2D eigenvalue weighted by molar-refractivity contribution is 5.86. The molecule has 150 valence electrons. The zero-order chi connectivity index (χ0) is 16.1. The van der Waals surface area contributed by atoms with Crippen molar-refractivity contribution >= 4 is 48.9 Å². The van der Waals surface area contributed by atoms with Gasteiger partial charge in [-0.3, -0.25) is 4.79 Å². The van der Waals surface area contributed by atoms with Crippen molar-refractivity contribution < 1.29 is 4.79 Å². The molecule has 0 saturated carbocycles. The summed E-state index contributed by atoms with van der Waals surface area (Å²) in [6.45, 7) is 6.59. The zero-order valence-corrected chi connectivity index (χ0v) is 17.6. The number of carbonyl (C=O) groups is 1. The first-order valence-corrected chi connectivity index (χ1v) is 8.59. The van der Waals surface area contributed by atoms with Gasteiger partial charge in [-0.1, -0.05) is 6.07 Å². The molecule has 0 spiro atoms. The second kappa shape index (κ2) is 12.6. The Bertz CT molecular complexity index is 518. The average molecular weight is 427 g/mol. The van der Waals surface area contributed by atoms with E-state index in [1.54, 1.807) is 0 Å². The van der Waals surface area contributed by atoms with Gasteiger partial charge in [0.15, 0.2) is 0 Å². The van der Waals surface area contributed by atoms with Crippen LogP contribution in [0.4, 0.5) is 5.82 Å². The van der Waals surface area contributed by atoms with E-state index < -0.39 is 0 Å². The summed E-state index contributed by atoms with van der Waals surface area (Å²) in [5.41, 5.74) is 1.06. The van der Waals surface area contributed by atoms with Crippen LogP contribution in [0.15, 0.2) is 18.3 Å². The van der Waals surface area contributed by atoms with Crippen molar-refractivity contribution in [1.82, 2.24) is 20.5 Å². The second-order valence-electron chi connectivity index (χ2n) is 6.58. The topological polar surface area (TPSA) is 60.5 Å². The molecule has 1 aromatic rings. The fourth-order valence-corrected chi connectivity index (χ4v) is 3.15. The van der Waals surface area contributed by atoms with E-state index in [9.17, 15) is 4.79 Å². The first-order chi connectivity index (χ1) is 11.2. The van der Waals surface area contributed by atoms with Crippen LogP contribution in [0.2, 0.25) is 0 Å². The minimum Gasteiger partial charge on any atom is -0.354 e. The molecule has 1 aromatic heterocycles. The third-order valence-corrected chi connectivity index (χ3v) is 4.77. The normalized spacial score (nSPS) is 20.2. The summed E-state index contributed by atoms with van der Waals surface area (Å²) in [5.74, 6) is 1.30. The Kier molecular flexibility index (Phi) is 12.2. The van der Waals surface area contributed by atoms with Crippen LogP contribution in [-0.2, 0) is 11.3 Å². The van der Waals surface area contributed by atoms with E-state index in [2.05, 4.69) is 44.6 Å². The summed E-state index contributed by atoms with van der Waals surface area (Å²) in [6, 6.07) is 4.13. The molecule has 6 nitrogen and oxygen atoms in total. The van der Waals surface area contributed by atoms with E-state index in [0.29, 0.717) is 6.54 Å². The van der Waals surface area contributed by atoms with Gasteiger partial charge in [0.2, 0.25) is 5.91 Å². The quantitative estimate of drug-likeness (QED) is 0.767. The Morgan fingerprint density at radius 1 is 1.23 bits per heavy atom. The van der Waals surface area contributed by atoms with Gasteiger partial charge < -0.3 is 20.4 Å². The molecule has 9 heteroatoms. The molecule has 3 rings (SSSR count). The minimum absolute atomic E-state index is 0. The summed E-state index contributed by atoms with van der Waals surface area (Å²) in [7, 11) is 2.15. The molecule has 0 aliphatic carbocycles. The molecule has 26 heavy (non-hydrogen) atoms. The first-order valence-electron chi connectivity index (χ1n) is 8.59. The Hall–Kier alpha value is -0.790. The lowest BCUT2D eigenvalue weighted by molar-refractivity contribution is -0.125. The molecule has 1 atom stereocenters. The van der Waals surface area contributed by atoms with Crippen LogP contribution in [-0.4, -0.2) is 62.1 Å². The van der Waals surface area contributed by atoms with Crippen molar-refractivity contribution in [2.45, 2.75) is 19.4 Å². The van der Waals surface area contributed by atoms with Gasteiger partial charge in [-0.25, -0.2) is 4.98 Å². The number of aromatic nitrogens is 1. The number of anilines is 1. The van der Waals surface area contributed by atoms with Gasteiger partial charge in [0, 0.05) is 45.5 Å². The third-order valence-electron chi connectivity index (χ3n) is 4.77. The standard InChI is InChI=1S/C17H27N5O.3ClH/c1-21-7-9-22(10-8-21)16-5-4-14(11-19-16)12-20-17(23)15-3-2-6-18-13-15;;;/h4-5,11,15,18H,2-3,6-10,12-13H2,1H3,(H,20,23);3*1H. The second-order valence-corrected chi connectivity index (χ2v) is 6.58. The van der Waals surface area contributed by atoms with E-state index in [1.807, 2.05) is 6.20 Å². The predicted molar refractivity (Wildman–Crippen MR) is 113 cm³/mol. The Labute approximate surface area is 174 Å². The highest BCUT2D eigenvalue weighted by Crippen LogP contribution is 2.14. The maximum Gasteiger partial charge on any atom is 0.224 e. The van der Waals surface area contributed by atoms with Crippen LogP contribution < -0.4 is 15.5 Å². The smallest absolute Gasteiger partial charge is 0.224 e. The van der Waals surface area contributed by atoms with Gasteiger partial charge in [-0.2, -0.15) is 0 Å². The lowest BCUT2D eigenvalue weighted by Gasteiger charge is -2.33. The average Bonchev–Trinajstić information content (AvgIpc) is 2.61. The number of nitrogens with one attached hydrogen (secondary N) is 2. The summed E-state index contributed by atoms with van der Waals surface area (Å²) in [5, 5.41) is 6.31. The van der Waals surface area contributed by atoms with Gasteiger partial charge >= 0.3 is 0 Å². The van der Waals surface area contributed by atoms with Crippen LogP contribution >= 0.6 is 37.2 Å². The van der Waals surface area contributed by atoms with E-state index in [1.165, 1.54) is 0 Å². The third kappa shape index (κ3) is 7.08. The predicted octanol–water partition coefficient (Wildman–Crippen LogP) is 1.71. The summed E-state index contributed by atoms with van der Waals surface area (Å²) in [4.78, 5) is 21.3. The van der Waals surface area contributed by atoms with Gasteiger partial charge in [-0.05, 0) is 38.1 Å². The number of piperidine rings is 1. The summed E-state index contributed by atoms with van der Waals surface area (Å²) in [6.07, 6.45) is 3.95. The Morgan fingerprint density at radius 2 is 1.96 bits per heavy atom. The van der Waals surface area contributed by atoms with Crippen LogP contribution in [0.5, 0.6) is 0 Å². The molecule has 2 fully saturated rings. The molecule has 1 unspecified atom stereocenters. The van der Waals surface area contributed by atoms with Crippen molar-refractivity contribution in [3.63, 3.8) is 0 Å². The highest BCUT2D eigenvalue weighted by atomic mass is 35.5. The SMILES string of the molecule is CN1CCN(c2ccc(CNC(=O)C3CCCNC3)cn2)CC1.Cl.Cl.Cl. The maximum absolute atomic E-state index is 12.1. The van der Waals surface area contributed by atoms with Crippen molar-refractivity contribution in [1.29, 1.82) is 0 Å². The highest BCUT2D eigenvalue weighted by Gasteiger charge is 2.20. The largest absolute Gasteiger partial charge is 0.354 e. The molecule has 1 amide bonds. The number of hydrogen-bond donors (Lipinski definition) is 2.